The van der Waals surface area contributed by atoms with Crippen molar-refractivity contribution in [3.8, 4) is 0 Å². The largest absolute Gasteiger partial charge is 0.314 e. The van der Waals surface area contributed by atoms with Crippen molar-refractivity contribution in [1.82, 2.24) is 5.32 Å². The molecule has 94 valence electrons. The van der Waals surface area contributed by atoms with E-state index in [1.54, 1.807) is 6.92 Å². The van der Waals surface area contributed by atoms with Crippen LogP contribution in [0.2, 0.25) is 0 Å². The summed E-state index contributed by atoms with van der Waals surface area (Å²) in [7, 11) is 0. The Labute approximate surface area is 103 Å². The van der Waals surface area contributed by atoms with Crippen LogP contribution in [0.25, 0.3) is 0 Å². The molecule has 2 heteroatoms. The number of hydrogen-bond donors (Lipinski definition) is 1. The molecule has 2 atom stereocenters. The van der Waals surface area contributed by atoms with Gasteiger partial charge in [-0.1, -0.05) is 30.7 Å². The van der Waals surface area contributed by atoms with E-state index in [0.29, 0.717) is 12.5 Å². The molecule has 17 heavy (non-hydrogen) atoms. The molecule has 1 aliphatic rings. The van der Waals surface area contributed by atoms with E-state index in [1.165, 1.54) is 30.4 Å². The highest BCUT2D eigenvalue weighted by molar-refractivity contribution is 5.28. The van der Waals surface area contributed by atoms with Crippen molar-refractivity contribution < 1.29 is 4.39 Å². The van der Waals surface area contributed by atoms with Crippen LogP contribution in [-0.2, 0) is 12.8 Å². The summed E-state index contributed by atoms with van der Waals surface area (Å²) in [4.78, 5) is 0. The van der Waals surface area contributed by atoms with Gasteiger partial charge in [0, 0.05) is 12.5 Å². The highest BCUT2D eigenvalue weighted by Gasteiger charge is 2.15. The van der Waals surface area contributed by atoms with Crippen LogP contribution in [0.3, 0.4) is 0 Å². The fraction of sp³-hybridized carbons (Fsp3) is 0.600. The normalized spacial score (nSPS) is 22.4. The lowest BCUT2D eigenvalue weighted by Gasteiger charge is -2.24. The molecule has 1 N–H and O–H groups in total. The number of piperidine rings is 1. The zero-order valence-corrected chi connectivity index (χ0v) is 10.6. The first-order chi connectivity index (χ1) is 8.25. The quantitative estimate of drug-likeness (QED) is 0.844. The summed E-state index contributed by atoms with van der Waals surface area (Å²) in [6.45, 7) is 2.77. The number of alkyl halides is 1. The van der Waals surface area contributed by atoms with Gasteiger partial charge >= 0.3 is 0 Å². The number of benzene rings is 1. The van der Waals surface area contributed by atoms with Crippen LogP contribution >= 0.6 is 0 Å². The van der Waals surface area contributed by atoms with Crippen LogP contribution in [-0.4, -0.2) is 18.8 Å². The molecule has 0 radical (unpaired) electrons. The van der Waals surface area contributed by atoms with E-state index < -0.39 is 6.17 Å². The Balaban J connectivity index is 2.03. The Kier molecular flexibility index (Phi) is 4.55. The van der Waals surface area contributed by atoms with Crippen LogP contribution in [0.5, 0.6) is 0 Å². The molecule has 0 bridgehead atoms. The highest BCUT2D eigenvalue weighted by Crippen LogP contribution is 2.18. The summed E-state index contributed by atoms with van der Waals surface area (Å²) in [6.07, 6.45) is 4.69. The molecule has 1 fully saturated rings. The first-order valence-corrected chi connectivity index (χ1v) is 6.70. The summed E-state index contributed by atoms with van der Waals surface area (Å²) >= 11 is 0. The molecule has 1 aliphatic heterocycles. The van der Waals surface area contributed by atoms with E-state index in [0.717, 1.165) is 13.0 Å². The minimum atomic E-state index is -0.754. The summed E-state index contributed by atoms with van der Waals surface area (Å²) in [5.74, 6) is 0. The average Bonchev–Trinajstić information content (AvgIpc) is 2.32. The third-order valence-corrected chi connectivity index (χ3v) is 3.50. The van der Waals surface area contributed by atoms with E-state index >= 15 is 0 Å². The number of rotatable bonds is 4. The Hall–Kier alpha value is -0.890. The van der Waals surface area contributed by atoms with Crippen molar-refractivity contribution in [2.24, 2.45) is 0 Å². The first-order valence-electron chi connectivity index (χ1n) is 6.70. The maximum Gasteiger partial charge on any atom is 0.101 e. The summed E-state index contributed by atoms with van der Waals surface area (Å²) < 4.78 is 13.1. The molecule has 2 rings (SSSR count). The van der Waals surface area contributed by atoms with E-state index in [1.807, 2.05) is 6.07 Å². The zero-order chi connectivity index (χ0) is 12.1. The van der Waals surface area contributed by atoms with Crippen LogP contribution in [0.1, 0.15) is 37.3 Å². The molecule has 0 amide bonds. The van der Waals surface area contributed by atoms with Gasteiger partial charge in [0.25, 0.3) is 0 Å². The molecule has 1 aromatic carbocycles. The topological polar surface area (TPSA) is 12.0 Å². The number of hydrogen-bond acceptors (Lipinski definition) is 1. The van der Waals surface area contributed by atoms with Crippen molar-refractivity contribution in [2.45, 2.75) is 51.2 Å². The van der Waals surface area contributed by atoms with Gasteiger partial charge in [-0.3, -0.25) is 0 Å². The second kappa shape index (κ2) is 6.15. The van der Waals surface area contributed by atoms with Crippen molar-refractivity contribution in [1.29, 1.82) is 0 Å². The Morgan fingerprint density at radius 1 is 1.29 bits per heavy atom. The van der Waals surface area contributed by atoms with E-state index in [9.17, 15) is 4.39 Å². The van der Waals surface area contributed by atoms with Gasteiger partial charge in [-0.2, -0.15) is 0 Å². The molecular weight excluding hydrogens is 213 g/mol. The van der Waals surface area contributed by atoms with Crippen molar-refractivity contribution in [2.75, 3.05) is 6.54 Å². The van der Waals surface area contributed by atoms with Gasteiger partial charge in [-0.25, -0.2) is 4.39 Å². The number of halogens is 1. The van der Waals surface area contributed by atoms with Crippen LogP contribution in [0.4, 0.5) is 4.39 Å². The fourth-order valence-corrected chi connectivity index (χ4v) is 2.62. The lowest BCUT2D eigenvalue weighted by atomic mass is 9.93. The Bertz CT molecular complexity index is 343. The molecule has 2 unspecified atom stereocenters. The second-order valence-electron chi connectivity index (χ2n) is 5.10. The molecule has 0 spiro atoms. The predicted molar refractivity (Wildman–Crippen MR) is 70.1 cm³/mol. The predicted octanol–water partition coefficient (Wildman–Crippen LogP) is 3.27. The van der Waals surface area contributed by atoms with Crippen LogP contribution in [0, 0.1) is 0 Å². The Morgan fingerprint density at radius 3 is 2.71 bits per heavy atom. The standard InChI is InChI=1S/C15H22FN/c1-12(16)10-13-6-2-3-7-14(13)11-15-8-4-5-9-17-15/h2-3,6-7,12,15,17H,4-5,8-11H2,1H3. The van der Waals surface area contributed by atoms with Gasteiger partial charge in [0.1, 0.15) is 6.17 Å². The first kappa shape index (κ1) is 12.6. The van der Waals surface area contributed by atoms with E-state index in [4.69, 9.17) is 0 Å². The van der Waals surface area contributed by atoms with Crippen molar-refractivity contribution >= 4 is 0 Å². The molecule has 0 saturated carbocycles. The molecule has 0 aromatic heterocycles. The van der Waals surface area contributed by atoms with Crippen molar-refractivity contribution in [3.63, 3.8) is 0 Å². The molecule has 1 heterocycles. The maximum atomic E-state index is 13.1. The molecule has 1 nitrogen and oxygen atoms in total. The van der Waals surface area contributed by atoms with E-state index in [-0.39, 0.29) is 0 Å². The highest BCUT2D eigenvalue weighted by atomic mass is 19.1. The van der Waals surface area contributed by atoms with Gasteiger partial charge < -0.3 is 5.32 Å². The fourth-order valence-electron chi connectivity index (χ4n) is 2.62. The smallest absolute Gasteiger partial charge is 0.101 e. The van der Waals surface area contributed by atoms with Gasteiger partial charge in [-0.05, 0) is 43.9 Å². The molecular formula is C15H22FN. The van der Waals surface area contributed by atoms with Gasteiger partial charge in [0.05, 0.1) is 0 Å². The zero-order valence-electron chi connectivity index (χ0n) is 10.6. The Morgan fingerprint density at radius 2 is 2.06 bits per heavy atom. The van der Waals surface area contributed by atoms with Gasteiger partial charge in [-0.15, -0.1) is 0 Å². The summed E-state index contributed by atoms with van der Waals surface area (Å²) in [6, 6.07) is 8.86. The third-order valence-electron chi connectivity index (χ3n) is 3.50. The molecule has 1 saturated heterocycles. The lowest BCUT2D eigenvalue weighted by Crippen LogP contribution is -2.35. The lowest BCUT2D eigenvalue weighted by molar-refractivity contribution is 0.357. The van der Waals surface area contributed by atoms with Crippen molar-refractivity contribution in [3.05, 3.63) is 35.4 Å². The van der Waals surface area contributed by atoms with Crippen LogP contribution in [0.15, 0.2) is 24.3 Å². The monoisotopic (exact) mass is 235 g/mol. The second-order valence-corrected chi connectivity index (χ2v) is 5.10. The minimum Gasteiger partial charge on any atom is -0.314 e. The van der Waals surface area contributed by atoms with Gasteiger partial charge in [0.15, 0.2) is 0 Å². The maximum absolute atomic E-state index is 13.1. The molecule has 1 aromatic rings. The third kappa shape index (κ3) is 3.81. The molecule has 0 aliphatic carbocycles. The summed E-state index contributed by atoms with van der Waals surface area (Å²) in [5, 5.41) is 3.55. The van der Waals surface area contributed by atoms with E-state index in [2.05, 4.69) is 23.5 Å². The number of nitrogens with one attached hydrogen (secondary N) is 1. The van der Waals surface area contributed by atoms with Crippen LogP contribution < -0.4 is 5.32 Å². The summed E-state index contributed by atoms with van der Waals surface area (Å²) in [5.41, 5.74) is 2.49. The minimum absolute atomic E-state index is 0.545. The SMILES string of the molecule is CC(F)Cc1ccccc1CC1CCCCN1. The average molecular weight is 235 g/mol. The van der Waals surface area contributed by atoms with Gasteiger partial charge in [0.2, 0.25) is 0 Å².